The molecule has 0 spiro atoms. The number of hydrogen-bond donors (Lipinski definition) is 2. The third kappa shape index (κ3) is 6.23. The van der Waals surface area contributed by atoms with Crippen LogP contribution in [-0.2, 0) is 16.2 Å². The highest BCUT2D eigenvalue weighted by atomic mass is 35.5. The summed E-state index contributed by atoms with van der Waals surface area (Å²) in [6.07, 6.45) is 1.38. The van der Waals surface area contributed by atoms with Crippen LogP contribution in [0.15, 0.2) is 71.8 Å². The summed E-state index contributed by atoms with van der Waals surface area (Å²) in [6, 6.07) is 19.6. The summed E-state index contributed by atoms with van der Waals surface area (Å²) in [5.74, 6) is -0.833. The molecule has 0 fully saturated rings. The fourth-order valence-corrected chi connectivity index (χ4v) is 2.96. The molecule has 0 aliphatic rings. The Kier molecular flexibility index (Phi) is 8.08. The van der Waals surface area contributed by atoms with Crippen molar-refractivity contribution in [1.82, 2.24) is 5.43 Å². The minimum atomic E-state index is -0.966. The minimum Gasteiger partial charge on any atom is -0.493 e. The van der Waals surface area contributed by atoms with Crippen molar-refractivity contribution in [3.8, 4) is 11.5 Å². The van der Waals surface area contributed by atoms with E-state index < -0.39 is 11.8 Å². The van der Waals surface area contributed by atoms with E-state index >= 15 is 0 Å². The third-order valence-corrected chi connectivity index (χ3v) is 5.03. The van der Waals surface area contributed by atoms with Crippen LogP contribution in [0.1, 0.15) is 11.1 Å². The largest absolute Gasteiger partial charge is 0.493 e. The second kappa shape index (κ2) is 11.2. The van der Waals surface area contributed by atoms with Gasteiger partial charge in [0.15, 0.2) is 11.5 Å². The Hall–Kier alpha value is -3.55. The van der Waals surface area contributed by atoms with Crippen LogP contribution in [0.25, 0.3) is 0 Å². The van der Waals surface area contributed by atoms with Gasteiger partial charge in [0.25, 0.3) is 0 Å². The fourth-order valence-electron chi connectivity index (χ4n) is 2.61. The lowest BCUT2D eigenvalue weighted by molar-refractivity contribution is -0.136. The van der Waals surface area contributed by atoms with E-state index in [9.17, 15) is 9.59 Å². The molecule has 7 nitrogen and oxygen atoms in total. The predicted molar refractivity (Wildman–Crippen MR) is 125 cm³/mol. The Balaban J connectivity index is 1.57. The Morgan fingerprint density at radius 3 is 2.50 bits per heavy atom. The molecule has 2 N–H and O–H groups in total. The zero-order valence-electron chi connectivity index (χ0n) is 17.0. The normalized spacial score (nSPS) is 10.6. The Labute approximate surface area is 194 Å². The molecule has 0 aromatic heterocycles. The molecule has 164 valence electrons. The second-order valence-corrected chi connectivity index (χ2v) is 7.22. The van der Waals surface area contributed by atoms with Crippen LogP contribution < -0.4 is 20.2 Å². The van der Waals surface area contributed by atoms with Gasteiger partial charge < -0.3 is 14.8 Å². The van der Waals surface area contributed by atoms with Crippen molar-refractivity contribution in [3.63, 3.8) is 0 Å². The van der Waals surface area contributed by atoms with Gasteiger partial charge in [-0.05, 0) is 41.5 Å². The lowest BCUT2D eigenvalue weighted by atomic mass is 10.2. The van der Waals surface area contributed by atoms with Crippen molar-refractivity contribution in [1.29, 1.82) is 0 Å². The van der Waals surface area contributed by atoms with Crippen molar-refractivity contribution in [2.45, 2.75) is 6.61 Å². The van der Waals surface area contributed by atoms with Crippen molar-refractivity contribution in [2.75, 3.05) is 12.4 Å². The van der Waals surface area contributed by atoms with E-state index in [1.807, 2.05) is 30.3 Å². The summed E-state index contributed by atoms with van der Waals surface area (Å²) in [5.41, 5.74) is 4.04. The van der Waals surface area contributed by atoms with Gasteiger partial charge in [-0.15, -0.1) is 0 Å². The first-order valence-electron chi connectivity index (χ1n) is 9.41. The first kappa shape index (κ1) is 23.1. The predicted octanol–water partition coefficient (Wildman–Crippen LogP) is 4.67. The Morgan fingerprint density at radius 2 is 1.75 bits per heavy atom. The van der Waals surface area contributed by atoms with Crippen molar-refractivity contribution in [2.24, 2.45) is 5.10 Å². The maximum absolute atomic E-state index is 12.0. The van der Waals surface area contributed by atoms with Crippen LogP contribution in [0, 0.1) is 0 Å². The van der Waals surface area contributed by atoms with E-state index in [1.54, 1.807) is 30.3 Å². The highest BCUT2D eigenvalue weighted by molar-refractivity contribution is 6.45. The van der Waals surface area contributed by atoms with Gasteiger partial charge in [0.2, 0.25) is 0 Å². The molecular weight excluding hydrogens is 453 g/mol. The van der Waals surface area contributed by atoms with Crippen molar-refractivity contribution >= 4 is 46.9 Å². The molecule has 0 saturated carbocycles. The van der Waals surface area contributed by atoms with E-state index in [1.165, 1.54) is 19.4 Å². The molecule has 0 unspecified atom stereocenters. The number of carbonyl (C=O) groups excluding carboxylic acids is 2. The molecule has 0 radical (unpaired) electrons. The lowest BCUT2D eigenvalue weighted by Gasteiger charge is -2.11. The van der Waals surface area contributed by atoms with E-state index in [0.717, 1.165) is 5.56 Å². The van der Waals surface area contributed by atoms with Crippen LogP contribution in [0.2, 0.25) is 10.0 Å². The number of benzene rings is 3. The second-order valence-electron chi connectivity index (χ2n) is 6.44. The number of hydrogen-bond acceptors (Lipinski definition) is 5. The van der Waals surface area contributed by atoms with Gasteiger partial charge in [0, 0.05) is 0 Å². The molecule has 0 atom stereocenters. The number of nitrogens with one attached hydrogen (secondary N) is 2. The molecule has 3 aromatic rings. The van der Waals surface area contributed by atoms with Crippen LogP contribution in [-0.4, -0.2) is 25.1 Å². The molecule has 9 heteroatoms. The quantitative estimate of drug-likeness (QED) is 0.297. The van der Waals surface area contributed by atoms with Crippen LogP contribution in [0.3, 0.4) is 0 Å². The SMILES string of the molecule is COc1cc(/C=N\NC(=O)C(=O)Nc2cccc(Cl)c2Cl)ccc1OCc1ccccc1. The average molecular weight is 472 g/mol. The number of anilines is 1. The maximum Gasteiger partial charge on any atom is 0.329 e. The number of rotatable bonds is 7. The van der Waals surface area contributed by atoms with Crippen molar-refractivity contribution < 1.29 is 19.1 Å². The van der Waals surface area contributed by atoms with E-state index in [4.69, 9.17) is 32.7 Å². The van der Waals surface area contributed by atoms with Crippen molar-refractivity contribution in [3.05, 3.63) is 87.9 Å². The summed E-state index contributed by atoms with van der Waals surface area (Å²) >= 11 is 11.9. The lowest BCUT2D eigenvalue weighted by Crippen LogP contribution is -2.32. The summed E-state index contributed by atoms with van der Waals surface area (Å²) < 4.78 is 11.2. The molecular formula is C23H19Cl2N3O4. The average Bonchev–Trinajstić information content (AvgIpc) is 2.81. The maximum atomic E-state index is 12.0. The molecule has 0 heterocycles. The number of nitrogens with zero attached hydrogens (tertiary/aromatic N) is 1. The third-order valence-electron chi connectivity index (χ3n) is 4.21. The topological polar surface area (TPSA) is 89.0 Å². The number of carbonyl (C=O) groups is 2. The number of amides is 2. The molecule has 3 rings (SSSR count). The van der Waals surface area contributed by atoms with E-state index in [-0.39, 0.29) is 15.7 Å². The van der Waals surface area contributed by atoms with Crippen LogP contribution in [0.4, 0.5) is 5.69 Å². The summed E-state index contributed by atoms with van der Waals surface area (Å²) in [7, 11) is 1.53. The summed E-state index contributed by atoms with van der Waals surface area (Å²) in [4.78, 5) is 24.0. The monoisotopic (exact) mass is 471 g/mol. The number of ether oxygens (including phenoxy) is 2. The molecule has 32 heavy (non-hydrogen) atoms. The molecule has 0 aliphatic heterocycles. The number of methoxy groups -OCH3 is 1. The Morgan fingerprint density at radius 1 is 0.969 bits per heavy atom. The first-order valence-corrected chi connectivity index (χ1v) is 10.2. The van der Waals surface area contributed by atoms with Gasteiger partial charge in [-0.3, -0.25) is 9.59 Å². The smallest absolute Gasteiger partial charge is 0.329 e. The Bertz CT molecular complexity index is 1140. The van der Waals surface area contributed by atoms with Gasteiger partial charge >= 0.3 is 11.8 Å². The highest BCUT2D eigenvalue weighted by Gasteiger charge is 2.15. The standard InChI is InChI=1S/C23H19Cl2N3O4/c1-31-20-12-16(10-11-19(20)32-14-15-6-3-2-4-7-15)13-26-28-23(30)22(29)27-18-9-5-8-17(24)21(18)25/h2-13H,14H2,1H3,(H,27,29)(H,28,30)/b26-13-. The van der Waals surface area contributed by atoms with E-state index in [2.05, 4.69) is 15.8 Å². The molecule has 2 amide bonds. The fraction of sp³-hybridized carbons (Fsp3) is 0.0870. The first-order chi connectivity index (χ1) is 15.5. The molecule has 0 saturated heterocycles. The van der Waals surface area contributed by atoms with Crippen LogP contribution in [0.5, 0.6) is 11.5 Å². The van der Waals surface area contributed by atoms with Gasteiger partial charge in [-0.25, -0.2) is 5.43 Å². The molecule has 0 bridgehead atoms. The number of halogens is 2. The summed E-state index contributed by atoms with van der Waals surface area (Å²) in [5, 5.41) is 6.57. The van der Waals surface area contributed by atoms with Gasteiger partial charge in [-0.1, -0.05) is 59.6 Å². The van der Waals surface area contributed by atoms with Gasteiger partial charge in [0.05, 0.1) is 29.1 Å². The van der Waals surface area contributed by atoms with Gasteiger partial charge in [0.1, 0.15) is 6.61 Å². The van der Waals surface area contributed by atoms with E-state index in [0.29, 0.717) is 23.7 Å². The zero-order valence-corrected chi connectivity index (χ0v) is 18.5. The zero-order chi connectivity index (χ0) is 22.9. The van der Waals surface area contributed by atoms with Crippen LogP contribution >= 0.6 is 23.2 Å². The van der Waals surface area contributed by atoms with Gasteiger partial charge in [-0.2, -0.15) is 5.10 Å². The minimum absolute atomic E-state index is 0.139. The number of hydrazone groups is 1. The molecule has 3 aromatic carbocycles. The molecule has 0 aliphatic carbocycles. The highest BCUT2D eigenvalue weighted by Crippen LogP contribution is 2.30. The summed E-state index contributed by atoms with van der Waals surface area (Å²) in [6.45, 7) is 0.395.